The summed E-state index contributed by atoms with van der Waals surface area (Å²) in [7, 11) is 0. The van der Waals surface area contributed by atoms with Crippen LogP contribution in [-0.4, -0.2) is 15.3 Å². The molecule has 134 valence electrons. The Hall–Kier alpha value is -3.12. The fourth-order valence-corrected chi connectivity index (χ4v) is 3.84. The quantitative estimate of drug-likeness (QED) is 0.493. The first-order valence-electron chi connectivity index (χ1n) is 8.35. The van der Waals surface area contributed by atoms with Crippen molar-refractivity contribution < 1.29 is 9.18 Å². The van der Waals surface area contributed by atoms with Crippen molar-refractivity contribution in [2.24, 2.45) is 0 Å². The maximum absolute atomic E-state index is 13.3. The largest absolute Gasteiger partial charge is 0.292 e. The van der Waals surface area contributed by atoms with E-state index in [2.05, 4.69) is 4.98 Å². The van der Waals surface area contributed by atoms with Gasteiger partial charge in [-0.05, 0) is 24.6 Å². The number of carbonyl (C=O) groups excluding carboxylic acids is 1. The van der Waals surface area contributed by atoms with Crippen molar-refractivity contribution >= 4 is 27.3 Å². The fourth-order valence-electron chi connectivity index (χ4n) is 2.93. The number of fused-ring (bicyclic) bond motifs is 1. The number of rotatable bonds is 4. The Morgan fingerprint density at radius 3 is 2.70 bits per heavy atom. The molecular formula is C21H15FN2O2S. The van der Waals surface area contributed by atoms with E-state index in [9.17, 15) is 14.0 Å². The normalized spacial score (nSPS) is 11.0. The van der Waals surface area contributed by atoms with Gasteiger partial charge in [0.25, 0.3) is 5.56 Å². The van der Waals surface area contributed by atoms with E-state index < -0.39 is 5.82 Å². The van der Waals surface area contributed by atoms with Crippen molar-refractivity contribution in [1.82, 2.24) is 9.55 Å². The third kappa shape index (κ3) is 3.31. The highest BCUT2D eigenvalue weighted by Gasteiger charge is 2.15. The molecule has 0 saturated heterocycles. The standard InChI is InChI=1S/C21H15FN2O2S/c1-13-5-7-14(8-6-13)17-11-27-20-19(17)21(26)24(12-23-20)10-18(25)15-3-2-4-16(22)9-15/h2-9,11-12H,10H2,1H3. The fraction of sp³-hybridized carbons (Fsp3) is 0.0952. The molecule has 0 N–H and O–H groups in total. The van der Waals surface area contributed by atoms with Gasteiger partial charge in [-0.15, -0.1) is 11.3 Å². The zero-order valence-electron chi connectivity index (χ0n) is 14.5. The Morgan fingerprint density at radius 1 is 1.19 bits per heavy atom. The second-order valence-electron chi connectivity index (χ2n) is 6.31. The lowest BCUT2D eigenvalue weighted by Crippen LogP contribution is -2.24. The van der Waals surface area contributed by atoms with Gasteiger partial charge in [0.15, 0.2) is 5.78 Å². The molecule has 0 aliphatic rings. The molecule has 2 aromatic heterocycles. The summed E-state index contributed by atoms with van der Waals surface area (Å²) < 4.78 is 14.6. The van der Waals surface area contributed by atoms with Crippen LogP contribution in [0.15, 0.2) is 65.0 Å². The highest BCUT2D eigenvalue weighted by Crippen LogP contribution is 2.30. The summed E-state index contributed by atoms with van der Waals surface area (Å²) in [4.78, 5) is 30.4. The van der Waals surface area contributed by atoms with Crippen LogP contribution in [0.1, 0.15) is 15.9 Å². The first kappa shape index (κ1) is 17.3. The summed E-state index contributed by atoms with van der Waals surface area (Å²) in [6.45, 7) is 1.82. The SMILES string of the molecule is Cc1ccc(-c2csc3ncn(CC(=O)c4cccc(F)c4)c(=O)c23)cc1. The molecule has 4 aromatic rings. The third-order valence-electron chi connectivity index (χ3n) is 4.38. The highest BCUT2D eigenvalue weighted by atomic mass is 32.1. The molecule has 4 nitrogen and oxygen atoms in total. The zero-order chi connectivity index (χ0) is 19.0. The van der Waals surface area contributed by atoms with Gasteiger partial charge in [0.05, 0.1) is 18.3 Å². The minimum atomic E-state index is -0.485. The summed E-state index contributed by atoms with van der Waals surface area (Å²) >= 11 is 1.39. The predicted molar refractivity (Wildman–Crippen MR) is 105 cm³/mol. The lowest BCUT2D eigenvalue weighted by Gasteiger charge is -2.06. The molecule has 2 aromatic carbocycles. The van der Waals surface area contributed by atoms with Crippen LogP contribution in [0.5, 0.6) is 0 Å². The maximum Gasteiger partial charge on any atom is 0.263 e. The Kier molecular flexibility index (Phi) is 4.41. The number of aryl methyl sites for hydroxylation is 1. The molecule has 2 heterocycles. The number of hydrogen-bond donors (Lipinski definition) is 0. The van der Waals surface area contributed by atoms with Crippen molar-refractivity contribution in [2.75, 3.05) is 0 Å². The van der Waals surface area contributed by atoms with Gasteiger partial charge < -0.3 is 0 Å². The van der Waals surface area contributed by atoms with Crippen LogP contribution >= 0.6 is 11.3 Å². The molecule has 0 fully saturated rings. The van der Waals surface area contributed by atoms with Gasteiger partial charge in [-0.1, -0.05) is 42.0 Å². The molecule has 4 rings (SSSR count). The number of carbonyl (C=O) groups is 1. The zero-order valence-corrected chi connectivity index (χ0v) is 15.3. The third-order valence-corrected chi connectivity index (χ3v) is 5.27. The Morgan fingerprint density at radius 2 is 1.96 bits per heavy atom. The average molecular weight is 378 g/mol. The van der Waals surface area contributed by atoms with Crippen molar-refractivity contribution in [3.8, 4) is 11.1 Å². The molecule has 0 aliphatic heterocycles. The van der Waals surface area contributed by atoms with E-state index in [4.69, 9.17) is 0 Å². The first-order valence-corrected chi connectivity index (χ1v) is 9.23. The molecule has 0 spiro atoms. The van der Waals surface area contributed by atoms with Crippen molar-refractivity contribution in [2.45, 2.75) is 13.5 Å². The molecule has 0 unspecified atom stereocenters. The van der Waals surface area contributed by atoms with E-state index in [0.29, 0.717) is 10.2 Å². The number of thiophene rings is 1. The van der Waals surface area contributed by atoms with Crippen LogP contribution in [-0.2, 0) is 6.54 Å². The Bertz CT molecular complexity index is 1210. The molecule has 0 amide bonds. The molecule has 0 bridgehead atoms. The van der Waals surface area contributed by atoms with Crippen molar-refractivity contribution in [3.63, 3.8) is 0 Å². The second-order valence-corrected chi connectivity index (χ2v) is 7.16. The van der Waals surface area contributed by atoms with Crippen LogP contribution in [0.25, 0.3) is 21.3 Å². The number of benzene rings is 2. The minimum absolute atomic E-state index is 0.186. The number of ketones is 1. The van der Waals surface area contributed by atoms with Crippen LogP contribution in [0.2, 0.25) is 0 Å². The monoisotopic (exact) mass is 378 g/mol. The Balaban J connectivity index is 1.76. The van der Waals surface area contributed by atoms with Gasteiger partial charge >= 0.3 is 0 Å². The van der Waals surface area contributed by atoms with Crippen LogP contribution in [0.3, 0.4) is 0 Å². The lowest BCUT2D eigenvalue weighted by molar-refractivity contribution is 0.0970. The van der Waals surface area contributed by atoms with Crippen molar-refractivity contribution in [3.05, 3.63) is 87.5 Å². The van der Waals surface area contributed by atoms with E-state index >= 15 is 0 Å². The van der Waals surface area contributed by atoms with Gasteiger partial charge in [-0.25, -0.2) is 9.37 Å². The predicted octanol–water partition coefficient (Wildman–Crippen LogP) is 4.46. The van der Waals surface area contributed by atoms with Gasteiger partial charge in [0.1, 0.15) is 10.6 Å². The average Bonchev–Trinajstić information content (AvgIpc) is 3.09. The van der Waals surface area contributed by atoms with Gasteiger partial charge in [0, 0.05) is 16.5 Å². The van der Waals surface area contributed by atoms with E-state index in [0.717, 1.165) is 16.7 Å². The summed E-state index contributed by atoms with van der Waals surface area (Å²) in [5, 5.41) is 2.40. The van der Waals surface area contributed by atoms with E-state index in [1.54, 1.807) is 0 Å². The first-order chi connectivity index (χ1) is 13.0. The molecule has 0 aliphatic carbocycles. The summed E-state index contributed by atoms with van der Waals surface area (Å²) in [6, 6.07) is 13.3. The number of aromatic nitrogens is 2. The molecule has 27 heavy (non-hydrogen) atoms. The van der Waals surface area contributed by atoms with Gasteiger partial charge in [-0.3, -0.25) is 14.2 Å². The molecular weight excluding hydrogens is 363 g/mol. The van der Waals surface area contributed by atoms with E-state index in [1.165, 1.54) is 46.5 Å². The maximum atomic E-state index is 13.3. The molecule has 0 atom stereocenters. The molecule has 0 saturated carbocycles. The van der Waals surface area contributed by atoms with E-state index in [1.807, 2.05) is 36.6 Å². The lowest BCUT2D eigenvalue weighted by atomic mass is 10.0. The molecule has 6 heteroatoms. The van der Waals surface area contributed by atoms with Crippen molar-refractivity contribution in [1.29, 1.82) is 0 Å². The smallest absolute Gasteiger partial charge is 0.263 e. The second kappa shape index (κ2) is 6.89. The van der Waals surface area contributed by atoms with Crippen LogP contribution in [0, 0.1) is 12.7 Å². The van der Waals surface area contributed by atoms with Gasteiger partial charge in [-0.2, -0.15) is 0 Å². The van der Waals surface area contributed by atoms with E-state index in [-0.39, 0.29) is 23.5 Å². The topological polar surface area (TPSA) is 52.0 Å². The number of halogens is 1. The Labute approximate surface area is 158 Å². The summed E-state index contributed by atoms with van der Waals surface area (Å²) in [5.74, 6) is -0.828. The number of nitrogens with zero attached hydrogens (tertiary/aromatic N) is 2. The summed E-state index contributed by atoms with van der Waals surface area (Å²) in [5.41, 5.74) is 2.82. The number of hydrogen-bond acceptors (Lipinski definition) is 4. The summed E-state index contributed by atoms with van der Waals surface area (Å²) in [6.07, 6.45) is 1.37. The highest BCUT2D eigenvalue weighted by molar-refractivity contribution is 7.17. The minimum Gasteiger partial charge on any atom is -0.292 e. The molecule has 0 radical (unpaired) electrons. The number of Topliss-reactive ketones (excluding diaryl/α,β-unsaturated/α-hetero) is 1. The van der Waals surface area contributed by atoms with Crippen LogP contribution < -0.4 is 5.56 Å². The van der Waals surface area contributed by atoms with Crippen LogP contribution in [0.4, 0.5) is 4.39 Å². The van der Waals surface area contributed by atoms with Gasteiger partial charge in [0.2, 0.25) is 0 Å².